The van der Waals surface area contributed by atoms with Crippen LogP contribution < -0.4 is 5.73 Å². The molecule has 2 N–H and O–H groups in total. The molecule has 1 heterocycles. The van der Waals surface area contributed by atoms with Crippen molar-refractivity contribution >= 4 is 11.7 Å². The van der Waals surface area contributed by atoms with E-state index in [0.717, 1.165) is 24.0 Å². The third-order valence-corrected chi connectivity index (χ3v) is 4.77. The number of ketones is 1. The summed E-state index contributed by atoms with van der Waals surface area (Å²) in [5.41, 5.74) is 8.72. The third kappa shape index (κ3) is 4.54. The molecule has 3 rings (SSSR count). The molecule has 4 heteroatoms. The first-order valence-corrected chi connectivity index (χ1v) is 8.85. The van der Waals surface area contributed by atoms with Crippen molar-refractivity contribution in [3.8, 4) is 11.1 Å². The summed E-state index contributed by atoms with van der Waals surface area (Å²) in [6.45, 7) is 1.42. The molecule has 2 aromatic carbocycles. The second-order valence-corrected chi connectivity index (χ2v) is 6.58. The van der Waals surface area contributed by atoms with E-state index < -0.39 is 0 Å². The Morgan fingerprint density at radius 2 is 1.48 bits per heavy atom. The highest BCUT2D eigenvalue weighted by molar-refractivity contribution is 5.98. The maximum absolute atomic E-state index is 12.3. The normalized spacial score (nSPS) is 15.2. The van der Waals surface area contributed by atoms with Crippen molar-refractivity contribution in [3.05, 3.63) is 60.2 Å². The first-order chi connectivity index (χ1) is 12.1. The molecule has 0 spiro atoms. The zero-order valence-corrected chi connectivity index (χ0v) is 14.4. The molecule has 1 amide bonds. The van der Waals surface area contributed by atoms with E-state index >= 15 is 0 Å². The average molecular weight is 336 g/mol. The van der Waals surface area contributed by atoms with E-state index in [1.807, 2.05) is 59.5 Å². The lowest BCUT2D eigenvalue weighted by Crippen LogP contribution is -2.42. The number of benzene rings is 2. The largest absolute Gasteiger partial charge is 0.343 e. The number of carbonyl (C=O) groups excluding carboxylic acids is 2. The van der Waals surface area contributed by atoms with Crippen LogP contribution >= 0.6 is 0 Å². The minimum Gasteiger partial charge on any atom is -0.343 e. The molecular formula is C21H24N2O2. The number of nitrogens with two attached hydrogens (primary N) is 1. The van der Waals surface area contributed by atoms with Crippen LogP contribution in [-0.4, -0.2) is 35.7 Å². The number of rotatable bonds is 5. The molecule has 2 aromatic rings. The van der Waals surface area contributed by atoms with E-state index in [2.05, 4.69) is 0 Å². The Kier molecular flexibility index (Phi) is 5.61. The fourth-order valence-electron chi connectivity index (χ4n) is 3.15. The van der Waals surface area contributed by atoms with Crippen molar-refractivity contribution in [2.45, 2.75) is 31.7 Å². The van der Waals surface area contributed by atoms with Gasteiger partial charge < -0.3 is 10.6 Å². The lowest BCUT2D eigenvalue weighted by atomic mass is 10.0. The second kappa shape index (κ2) is 8.08. The van der Waals surface area contributed by atoms with Crippen LogP contribution in [0.2, 0.25) is 0 Å². The highest BCUT2D eigenvalue weighted by Crippen LogP contribution is 2.20. The number of nitrogens with zero attached hydrogens (tertiary/aromatic N) is 1. The summed E-state index contributed by atoms with van der Waals surface area (Å²) in [5.74, 6) is 0.0721. The summed E-state index contributed by atoms with van der Waals surface area (Å²) in [7, 11) is 0. The zero-order chi connectivity index (χ0) is 17.6. The Labute approximate surface area is 148 Å². The Balaban J connectivity index is 1.54. The first kappa shape index (κ1) is 17.4. The van der Waals surface area contributed by atoms with Crippen LogP contribution in [0, 0.1) is 0 Å². The summed E-state index contributed by atoms with van der Waals surface area (Å²) in [5, 5.41) is 0. The second-order valence-electron chi connectivity index (χ2n) is 6.58. The van der Waals surface area contributed by atoms with Gasteiger partial charge in [0.25, 0.3) is 0 Å². The molecule has 4 nitrogen and oxygen atoms in total. The van der Waals surface area contributed by atoms with E-state index in [0.29, 0.717) is 18.7 Å². The molecular weight excluding hydrogens is 312 g/mol. The van der Waals surface area contributed by atoms with Gasteiger partial charge in [0.05, 0.1) is 0 Å². The Morgan fingerprint density at radius 3 is 2.12 bits per heavy atom. The Bertz CT molecular complexity index is 717. The predicted molar refractivity (Wildman–Crippen MR) is 99.2 cm³/mol. The molecule has 0 unspecified atom stereocenters. The van der Waals surface area contributed by atoms with Gasteiger partial charge in [0.1, 0.15) is 0 Å². The van der Waals surface area contributed by atoms with E-state index in [1.54, 1.807) is 0 Å². The zero-order valence-electron chi connectivity index (χ0n) is 14.4. The highest BCUT2D eigenvalue weighted by atomic mass is 16.2. The van der Waals surface area contributed by atoms with Gasteiger partial charge in [-0.05, 0) is 24.0 Å². The van der Waals surface area contributed by atoms with Gasteiger partial charge in [-0.1, -0.05) is 54.6 Å². The number of amides is 1. The van der Waals surface area contributed by atoms with Crippen LogP contribution in [0.25, 0.3) is 11.1 Å². The molecule has 0 saturated carbocycles. The van der Waals surface area contributed by atoms with Crippen molar-refractivity contribution < 1.29 is 9.59 Å². The molecule has 1 aliphatic rings. The smallest absolute Gasteiger partial charge is 0.223 e. The van der Waals surface area contributed by atoms with Crippen LogP contribution in [0.4, 0.5) is 0 Å². The average Bonchev–Trinajstić information content (AvgIpc) is 2.67. The van der Waals surface area contributed by atoms with Crippen LogP contribution in [0.5, 0.6) is 0 Å². The molecule has 25 heavy (non-hydrogen) atoms. The molecule has 1 saturated heterocycles. The van der Waals surface area contributed by atoms with Gasteiger partial charge in [-0.25, -0.2) is 0 Å². The molecule has 0 bridgehead atoms. The summed E-state index contributed by atoms with van der Waals surface area (Å²) in [6, 6.07) is 17.8. The molecule has 0 atom stereocenters. The van der Waals surface area contributed by atoms with Crippen molar-refractivity contribution in [1.29, 1.82) is 0 Å². The molecule has 0 aromatic heterocycles. The van der Waals surface area contributed by atoms with Crippen LogP contribution in [0.15, 0.2) is 54.6 Å². The minimum absolute atomic E-state index is 0.0154. The summed E-state index contributed by atoms with van der Waals surface area (Å²) in [4.78, 5) is 26.4. The fourth-order valence-corrected chi connectivity index (χ4v) is 3.15. The van der Waals surface area contributed by atoms with Gasteiger partial charge in [0, 0.05) is 37.5 Å². The van der Waals surface area contributed by atoms with Gasteiger partial charge in [-0.15, -0.1) is 0 Å². The third-order valence-electron chi connectivity index (χ3n) is 4.77. The number of hydrogen-bond donors (Lipinski definition) is 1. The van der Waals surface area contributed by atoms with Gasteiger partial charge in [0.15, 0.2) is 5.78 Å². The van der Waals surface area contributed by atoms with Gasteiger partial charge in [-0.3, -0.25) is 9.59 Å². The molecule has 0 radical (unpaired) electrons. The summed E-state index contributed by atoms with van der Waals surface area (Å²) >= 11 is 0. The first-order valence-electron chi connectivity index (χ1n) is 8.85. The SMILES string of the molecule is NC1CCN(C(=O)CCC(=O)c2ccc(-c3ccccc3)cc2)CC1. The summed E-state index contributed by atoms with van der Waals surface area (Å²) < 4.78 is 0. The predicted octanol–water partition coefficient (Wildman–Crippen LogP) is 3.27. The monoisotopic (exact) mass is 336 g/mol. The van der Waals surface area contributed by atoms with Crippen LogP contribution in [0.3, 0.4) is 0 Å². The van der Waals surface area contributed by atoms with Gasteiger partial charge in [-0.2, -0.15) is 0 Å². The molecule has 1 aliphatic heterocycles. The van der Waals surface area contributed by atoms with Crippen LogP contribution in [0.1, 0.15) is 36.0 Å². The fraction of sp³-hybridized carbons (Fsp3) is 0.333. The lowest BCUT2D eigenvalue weighted by Gasteiger charge is -2.30. The van der Waals surface area contributed by atoms with E-state index in [1.165, 1.54) is 0 Å². The Morgan fingerprint density at radius 1 is 0.880 bits per heavy atom. The van der Waals surface area contributed by atoms with Gasteiger partial charge in [0.2, 0.25) is 5.91 Å². The topological polar surface area (TPSA) is 63.4 Å². The number of hydrogen-bond acceptors (Lipinski definition) is 3. The quantitative estimate of drug-likeness (QED) is 0.852. The van der Waals surface area contributed by atoms with E-state index in [4.69, 9.17) is 5.73 Å². The highest BCUT2D eigenvalue weighted by Gasteiger charge is 2.21. The minimum atomic E-state index is 0.0154. The molecule has 1 fully saturated rings. The lowest BCUT2D eigenvalue weighted by molar-refractivity contribution is -0.132. The molecule has 130 valence electrons. The van der Waals surface area contributed by atoms with E-state index in [-0.39, 0.29) is 30.6 Å². The number of carbonyl (C=O) groups is 2. The molecule has 0 aliphatic carbocycles. The van der Waals surface area contributed by atoms with Crippen LogP contribution in [-0.2, 0) is 4.79 Å². The number of piperidine rings is 1. The summed E-state index contributed by atoms with van der Waals surface area (Å²) in [6.07, 6.45) is 2.22. The van der Waals surface area contributed by atoms with E-state index in [9.17, 15) is 9.59 Å². The van der Waals surface area contributed by atoms with Crippen molar-refractivity contribution in [2.75, 3.05) is 13.1 Å². The maximum atomic E-state index is 12.3. The number of Topliss-reactive ketones (excluding diaryl/α,β-unsaturated/α-hetero) is 1. The maximum Gasteiger partial charge on any atom is 0.223 e. The Hall–Kier alpha value is -2.46. The van der Waals surface area contributed by atoms with Crippen molar-refractivity contribution in [3.63, 3.8) is 0 Å². The van der Waals surface area contributed by atoms with Crippen molar-refractivity contribution in [1.82, 2.24) is 4.90 Å². The standard InChI is InChI=1S/C21H24N2O2/c22-19-12-14-23(15-13-19)21(25)11-10-20(24)18-8-6-17(7-9-18)16-4-2-1-3-5-16/h1-9,19H,10-15,22H2. The number of likely N-dealkylation sites (tertiary alicyclic amines) is 1. The van der Waals surface area contributed by atoms with Gasteiger partial charge >= 0.3 is 0 Å². The van der Waals surface area contributed by atoms with Crippen molar-refractivity contribution in [2.24, 2.45) is 5.73 Å².